The molecular formula is C15H22N6O3. The van der Waals surface area contributed by atoms with Gasteiger partial charge in [0, 0.05) is 32.2 Å². The first-order valence-corrected chi connectivity index (χ1v) is 8.01. The summed E-state index contributed by atoms with van der Waals surface area (Å²) >= 11 is 0. The van der Waals surface area contributed by atoms with Gasteiger partial charge in [0.25, 0.3) is 0 Å². The fraction of sp³-hybridized carbons (Fsp3) is 0.600. The van der Waals surface area contributed by atoms with Crippen molar-refractivity contribution in [1.29, 1.82) is 0 Å². The number of carbonyl (C=O) groups excluding carboxylic acids is 1. The zero-order valence-electron chi connectivity index (χ0n) is 14.2. The molecule has 1 N–H and O–H groups in total. The lowest BCUT2D eigenvalue weighted by molar-refractivity contribution is -0.121. The molecule has 0 unspecified atom stereocenters. The van der Waals surface area contributed by atoms with Crippen LogP contribution in [0.3, 0.4) is 0 Å². The second-order valence-corrected chi connectivity index (χ2v) is 6.05. The number of anilines is 1. The Bertz CT molecular complexity index is 689. The van der Waals surface area contributed by atoms with Crippen molar-refractivity contribution in [2.45, 2.75) is 33.4 Å². The van der Waals surface area contributed by atoms with Gasteiger partial charge in [-0.3, -0.25) is 19.9 Å². The first-order chi connectivity index (χ1) is 11.5. The lowest BCUT2D eigenvalue weighted by atomic mass is 10.2. The number of piperazine rings is 1. The van der Waals surface area contributed by atoms with Gasteiger partial charge in [-0.2, -0.15) is 4.98 Å². The van der Waals surface area contributed by atoms with Crippen molar-refractivity contribution in [3.8, 4) is 0 Å². The standard InChI is InChI=1S/C15H22N6O3/c1-10-8-13(23-18-10)17-15(22)11(2)21-6-4-20(5-7-21)9-14-16-12(3)19-24-14/h8,11H,4-7,9H2,1-3H3,(H,17,22)/t11-/m1/s1. The van der Waals surface area contributed by atoms with E-state index in [9.17, 15) is 4.79 Å². The van der Waals surface area contributed by atoms with Gasteiger partial charge in [-0.15, -0.1) is 0 Å². The molecule has 1 fully saturated rings. The number of hydrogen-bond donors (Lipinski definition) is 1. The maximum absolute atomic E-state index is 12.3. The van der Waals surface area contributed by atoms with Gasteiger partial charge < -0.3 is 9.05 Å². The van der Waals surface area contributed by atoms with E-state index < -0.39 is 0 Å². The molecule has 1 saturated heterocycles. The van der Waals surface area contributed by atoms with Gasteiger partial charge in [0.2, 0.25) is 17.7 Å². The van der Waals surface area contributed by atoms with Crippen LogP contribution in [-0.4, -0.2) is 63.2 Å². The van der Waals surface area contributed by atoms with Gasteiger partial charge in [-0.25, -0.2) is 0 Å². The third-order valence-electron chi connectivity index (χ3n) is 4.14. The van der Waals surface area contributed by atoms with Crippen molar-refractivity contribution in [3.05, 3.63) is 23.5 Å². The molecule has 0 bridgehead atoms. The normalized spacial score (nSPS) is 17.8. The van der Waals surface area contributed by atoms with Gasteiger partial charge in [-0.1, -0.05) is 10.3 Å². The predicted octanol–water partition coefficient (Wildman–Crippen LogP) is 0.819. The number of carbonyl (C=O) groups is 1. The Morgan fingerprint density at radius 2 is 2.00 bits per heavy atom. The highest BCUT2D eigenvalue weighted by Gasteiger charge is 2.26. The lowest BCUT2D eigenvalue weighted by Crippen LogP contribution is -2.52. The van der Waals surface area contributed by atoms with E-state index in [1.54, 1.807) is 13.0 Å². The van der Waals surface area contributed by atoms with Crippen LogP contribution >= 0.6 is 0 Å². The van der Waals surface area contributed by atoms with E-state index >= 15 is 0 Å². The van der Waals surface area contributed by atoms with E-state index in [1.165, 1.54) is 0 Å². The zero-order valence-corrected chi connectivity index (χ0v) is 14.2. The summed E-state index contributed by atoms with van der Waals surface area (Å²) in [7, 11) is 0. The highest BCUT2D eigenvalue weighted by Crippen LogP contribution is 2.13. The maximum Gasteiger partial charge on any atom is 0.243 e. The molecule has 1 aliphatic heterocycles. The quantitative estimate of drug-likeness (QED) is 0.858. The van der Waals surface area contributed by atoms with Crippen LogP contribution in [0.1, 0.15) is 24.3 Å². The first kappa shape index (κ1) is 16.6. The van der Waals surface area contributed by atoms with Crippen LogP contribution in [0.4, 0.5) is 5.88 Å². The number of hydrogen-bond acceptors (Lipinski definition) is 8. The summed E-state index contributed by atoms with van der Waals surface area (Å²) in [6.45, 7) is 9.46. The van der Waals surface area contributed by atoms with Gasteiger partial charge in [0.15, 0.2) is 5.82 Å². The predicted molar refractivity (Wildman–Crippen MR) is 85.2 cm³/mol. The fourth-order valence-electron chi connectivity index (χ4n) is 2.72. The van der Waals surface area contributed by atoms with Crippen molar-refractivity contribution < 1.29 is 13.8 Å². The maximum atomic E-state index is 12.3. The van der Waals surface area contributed by atoms with E-state index in [4.69, 9.17) is 9.05 Å². The van der Waals surface area contributed by atoms with Crippen LogP contribution in [0.5, 0.6) is 0 Å². The highest BCUT2D eigenvalue weighted by atomic mass is 16.5. The number of amides is 1. The molecule has 9 nitrogen and oxygen atoms in total. The number of nitrogens with one attached hydrogen (secondary N) is 1. The van der Waals surface area contributed by atoms with E-state index in [1.807, 2.05) is 13.8 Å². The monoisotopic (exact) mass is 334 g/mol. The molecule has 2 aromatic heterocycles. The summed E-state index contributed by atoms with van der Waals surface area (Å²) < 4.78 is 10.2. The van der Waals surface area contributed by atoms with E-state index in [0.717, 1.165) is 31.9 Å². The number of rotatable bonds is 5. The minimum atomic E-state index is -0.233. The molecule has 1 aliphatic rings. The van der Waals surface area contributed by atoms with Crippen LogP contribution in [0.25, 0.3) is 0 Å². The summed E-state index contributed by atoms with van der Waals surface area (Å²) in [4.78, 5) is 20.9. The molecule has 1 atom stereocenters. The molecule has 2 aromatic rings. The summed E-state index contributed by atoms with van der Waals surface area (Å²) in [6, 6.07) is 1.47. The molecule has 0 saturated carbocycles. The molecule has 0 aliphatic carbocycles. The zero-order chi connectivity index (χ0) is 17.1. The van der Waals surface area contributed by atoms with Gasteiger partial charge in [-0.05, 0) is 20.8 Å². The fourth-order valence-corrected chi connectivity index (χ4v) is 2.72. The molecule has 3 rings (SSSR count). The molecule has 24 heavy (non-hydrogen) atoms. The van der Waals surface area contributed by atoms with Crippen LogP contribution in [0, 0.1) is 13.8 Å². The van der Waals surface area contributed by atoms with E-state index in [2.05, 4.69) is 30.4 Å². The molecule has 0 aromatic carbocycles. The van der Waals surface area contributed by atoms with Crippen molar-refractivity contribution in [3.63, 3.8) is 0 Å². The summed E-state index contributed by atoms with van der Waals surface area (Å²) in [6.07, 6.45) is 0. The van der Waals surface area contributed by atoms with E-state index in [0.29, 0.717) is 24.1 Å². The third-order valence-corrected chi connectivity index (χ3v) is 4.14. The molecule has 130 valence electrons. The van der Waals surface area contributed by atoms with Crippen LogP contribution in [0.15, 0.2) is 15.1 Å². The molecule has 0 spiro atoms. The Kier molecular flexibility index (Phi) is 4.91. The van der Waals surface area contributed by atoms with Gasteiger partial charge in [0.05, 0.1) is 18.3 Å². The van der Waals surface area contributed by atoms with Gasteiger partial charge >= 0.3 is 0 Å². The summed E-state index contributed by atoms with van der Waals surface area (Å²) in [5, 5.41) is 10.3. The van der Waals surface area contributed by atoms with Crippen LogP contribution in [-0.2, 0) is 11.3 Å². The first-order valence-electron chi connectivity index (χ1n) is 8.01. The van der Waals surface area contributed by atoms with Crippen molar-refractivity contribution >= 4 is 11.8 Å². The van der Waals surface area contributed by atoms with E-state index in [-0.39, 0.29) is 11.9 Å². The summed E-state index contributed by atoms with van der Waals surface area (Å²) in [5.41, 5.74) is 0.739. The number of nitrogens with zero attached hydrogens (tertiary/aromatic N) is 5. The smallest absolute Gasteiger partial charge is 0.243 e. The lowest BCUT2D eigenvalue weighted by Gasteiger charge is -2.36. The molecular weight excluding hydrogens is 312 g/mol. The number of aromatic nitrogens is 3. The Labute approximate surface area is 140 Å². The highest BCUT2D eigenvalue weighted by molar-refractivity contribution is 5.93. The van der Waals surface area contributed by atoms with Crippen molar-refractivity contribution in [1.82, 2.24) is 25.1 Å². The topological polar surface area (TPSA) is 101 Å². The Morgan fingerprint density at radius 3 is 2.58 bits per heavy atom. The Balaban J connectivity index is 1.47. The second-order valence-electron chi connectivity index (χ2n) is 6.05. The Hall–Kier alpha value is -2.26. The van der Waals surface area contributed by atoms with Crippen LogP contribution in [0.2, 0.25) is 0 Å². The SMILES string of the molecule is Cc1cc(NC(=O)[C@@H](C)N2CCN(Cc3nc(C)no3)CC2)on1. The largest absolute Gasteiger partial charge is 0.338 e. The molecule has 3 heterocycles. The van der Waals surface area contributed by atoms with Crippen molar-refractivity contribution in [2.75, 3.05) is 31.5 Å². The average molecular weight is 334 g/mol. The average Bonchev–Trinajstić information content (AvgIpc) is 3.15. The molecule has 0 radical (unpaired) electrons. The second kappa shape index (κ2) is 7.10. The summed E-state index contributed by atoms with van der Waals surface area (Å²) in [5.74, 6) is 1.57. The minimum absolute atomic E-state index is 0.0906. The molecule has 1 amide bonds. The minimum Gasteiger partial charge on any atom is -0.338 e. The van der Waals surface area contributed by atoms with Crippen LogP contribution < -0.4 is 5.32 Å². The molecule has 9 heteroatoms. The third kappa shape index (κ3) is 3.98. The van der Waals surface area contributed by atoms with Crippen molar-refractivity contribution in [2.24, 2.45) is 0 Å². The number of aryl methyl sites for hydroxylation is 2. The van der Waals surface area contributed by atoms with Gasteiger partial charge in [0.1, 0.15) is 0 Å². The Morgan fingerprint density at radius 1 is 1.25 bits per heavy atom.